The first-order valence-electron chi connectivity index (χ1n) is 7.19. The van der Waals surface area contributed by atoms with E-state index >= 15 is 0 Å². The van der Waals surface area contributed by atoms with Crippen LogP contribution in [0.5, 0.6) is 0 Å². The maximum atomic E-state index is 6.22. The number of morpholine rings is 1. The van der Waals surface area contributed by atoms with Gasteiger partial charge in [0.05, 0.1) is 18.8 Å². The highest BCUT2D eigenvalue weighted by Crippen LogP contribution is 2.41. The number of methoxy groups -OCH3 is 1. The SMILES string of the molecule is COC[C@@H]1CCC[C@@]12CN(Cc1ccsc1)CCO2. The molecular formula is C15H23NO2S. The van der Waals surface area contributed by atoms with Crippen molar-refractivity contribution in [2.24, 2.45) is 5.92 Å². The Kier molecular flexibility index (Phi) is 4.22. The summed E-state index contributed by atoms with van der Waals surface area (Å²) in [5.74, 6) is 0.572. The van der Waals surface area contributed by atoms with Gasteiger partial charge in [0.1, 0.15) is 0 Å². The van der Waals surface area contributed by atoms with Crippen LogP contribution in [0, 0.1) is 5.92 Å². The summed E-state index contributed by atoms with van der Waals surface area (Å²) in [6.45, 7) is 4.89. The molecule has 4 heteroatoms. The van der Waals surface area contributed by atoms with Gasteiger partial charge in [-0.15, -0.1) is 0 Å². The maximum Gasteiger partial charge on any atom is 0.0859 e. The van der Waals surface area contributed by atoms with Gasteiger partial charge in [0.2, 0.25) is 0 Å². The van der Waals surface area contributed by atoms with Gasteiger partial charge in [-0.25, -0.2) is 0 Å². The Labute approximate surface area is 119 Å². The lowest BCUT2D eigenvalue weighted by atomic mass is 9.89. The fraction of sp³-hybridized carbons (Fsp3) is 0.733. The van der Waals surface area contributed by atoms with E-state index in [1.807, 2.05) is 0 Å². The highest BCUT2D eigenvalue weighted by molar-refractivity contribution is 7.07. The summed E-state index contributed by atoms with van der Waals surface area (Å²) in [6.07, 6.45) is 3.72. The molecule has 2 heterocycles. The Bertz CT molecular complexity index is 395. The number of thiophene rings is 1. The van der Waals surface area contributed by atoms with Crippen molar-refractivity contribution in [2.45, 2.75) is 31.4 Å². The minimum Gasteiger partial charge on any atom is -0.384 e. The summed E-state index contributed by atoms with van der Waals surface area (Å²) in [7, 11) is 1.80. The van der Waals surface area contributed by atoms with Gasteiger partial charge in [0.15, 0.2) is 0 Å². The van der Waals surface area contributed by atoms with Crippen LogP contribution in [0.1, 0.15) is 24.8 Å². The summed E-state index contributed by atoms with van der Waals surface area (Å²) in [6, 6.07) is 2.23. The molecule has 1 aromatic heterocycles. The van der Waals surface area contributed by atoms with E-state index in [1.165, 1.54) is 24.8 Å². The van der Waals surface area contributed by atoms with Gasteiger partial charge in [0, 0.05) is 32.7 Å². The maximum absolute atomic E-state index is 6.22. The van der Waals surface area contributed by atoms with Crippen molar-refractivity contribution in [1.29, 1.82) is 0 Å². The third-order valence-corrected chi connectivity index (χ3v) is 5.27. The average molecular weight is 281 g/mol. The molecule has 1 aromatic rings. The Morgan fingerprint density at radius 2 is 2.53 bits per heavy atom. The molecule has 3 nitrogen and oxygen atoms in total. The van der Waals surface area contributed by atoms with Gasteiger partial charge in [-0.2, -0.15) is 11.3 Å². The number of hydrogen-bond acceptors (Lipinski definition) is 4. The van der Waals surface area contributed by atoms with E-state index in [-0.39, 0.29) is 5.60 Å². The Morgan fingerprint density at radius 1 is 1.58 bits per heavy atom. The smallest absolute Gasteiger partial charge is 0.0859 e. The van der Waals surface area contributed by atoms with Crippen molar-refractivity contribution in [3.63, 3.8) is 0 Å². The van der Waals surface area contributed by atoms with Crippen LogP contribution in [0.15, 0.2) is 16.8 Å². The molecule has 1 aliphatic heterocycles. The van der Waals surface area contributed by atoms with Gasteiger partial charge >= 0.3 is 0 Å². The van der Waals surface area contributed by atoms with Crippen molar-refractivity contribution in [2.75, 3.05) is 33.4 Å². The van der Waals surface area contributed by atoms with Crippen molar-refractivity contribution in [3.05, 3.63) is 22.4 Å². The second-order valence-electron chi connectivity index (χ2n) is 5.80. The molecule has 1 saturated carbocycles. The summed E-state index contributed by atoms with van der Waals surface area (Å²) in [5, 5.41) is 4.41. The van der Waals surface area contributed by atoms with Gasteiger partial charge in [-0.05, 0) is 35.2 Å². The quantitative estimate of drug-likeness (QED) is 0.847. The lowest BCUT2D eigenvalue weighted by Crippen LogP contribution is -2.54. The molecule has 0 amide bonds. The molecule has 2 fully saturated rings. The lowest BCUT2D eigenvalue weighted by molar-refractivity contribution is -0.141. The van der Waals surface area contributed by atoms with E-state index in [2.05, 4.69) is 21.7 Å². The van der Waals surface area contributed by atoms with Crippen LogP contribution in [0.2, 0.25) is 0 Å². The Balaban J connectivity index is 1.66. The predicted molar refractivity (Wildman–Crippen MR) is 77.5 cm³/mol. The van der Waals surface area contributed by atoms with Crippen LogP contribution in [0.4, 0.5) is 0 Å². The molecule has 0 bridgehead atoms. The Morgan fingerprint density at radius 3 is 3.32 bits per heavy atom. The van der Waals surface area contributed by atoms with Gasteiger partial charge in [0.25, 0.3) is 0 Å². The largest absolute Gasteiger partial charge is 0.384 e. The van der Waals surface area contributed by atoms with Gasteiger partial charge in [-0.1, -0.05) is 6.42 Å². The standard InChI is InChI=1S/C15H23NO2S/c1-17-10-14-3-2-5-15(14)12-16(6-7-18-15)9-13-4-8-19-11-13/h4,8,11,14H,2-3,5-7,9-10,12H2,1H3/t14-,15+/m0/s1. The van der Waals surface area contributed by atoms with E-state index in [0.29, 0.717) is 5.92 Å². The predicted octanol–water partition coefficient (Wildman–Crippen LogP) is 2.77. The fourth-order valence-corrected chi connectivity index (χ4v) is 4.27. The summed E-state index contributed by atoms with van der Waals surface area (Å²) < 4.78 is 11.6. The van der Waals surface area contributed by atoms with Crippen molar-refractivity contribution in [3.8, 4) is 0 Å². The number of nitrogens with zero attached hydrogens (tertiary/aromatic N) is 1. The number of hydrogen-bond donors (Lipinski definition) is 0. The zero-order valence-corrected chi connectivity index (χ0v) is 12.5. The fourth-order valence-electron chi connectivity index (χ4n) is 3.61. The first-order valence-corrected chi connectivity index (χ1v) is 8.13. The topological polar surface area (TPSA) is 21.7 Å². The van der Waals surface area contributed by atoms with Crippen LogP contribution < -0.4 is 0 Å². The van der Waals surface area contributed by atoms with Crippen LogP contribution >= 0.6 is 11.3 Å². The summed E-state index contributed by atoms with van der Waals surface area (Å²) >= 11 is 1.78. The number of rotatable bonds is 4. The van der Waals surface area contributed by atoms with E-state index in [1.54, 1.807) is 18.4 Å². The van der Waals surface area contributed by atoms with E-state index in [9.17, 15) is 0 Å². The van der Waals surface area contributed by atoms with Crippen molar-refractivity contribution in [1.82, 2.24) is 4.90 Å². The van der Waals surface area contributed by atoms with Crippen molar-refractivity contribution < 1.29 is 9.47 Å². The third-order valence-electron chi connectivity index (χ3n) is 4.54. The Hall–Kier alpha value is -0.420. The minimum atomic E-state index is 0.0598. The average Bonchev–Trinajstić information content (AvgIpc) is 3.02. The van der Waals surface area contributed by atoms with Crippen LogP contribution in [0.3, 0.4) is 0 Å². The molecule has 1 aliphatic carbocycles. The minimum absolute atomic E-state index is 0.0598. The monoisotopic (exact) mass is 281 g/mol. The zero-order chi connectivity index (χ0) is 13.1. The molecule has 2 aliphatic rings. The molecule has 0 N–H and O–H groups in total. The van der Waals surface area contributed by atoms with Crippen molar-refractivity contribution >= 4 is 11.3 Å². The molecule has 19 heavy (non-hydrogen) atoms. The highest BCUT2D eigenvalue weighted by Gasteiger charge is 2.46. The first kappa shape index (κ1) is 13.6. The molecule has 1 saturated heterocycles. The molecule has 3 rings (SSSR count). The van der Waals surface area contributed by atoms with Gasteiger partial charge < -0.3 is 9.47 Å². The second kappa shape index (κ2) is 5.92. The zero-order valence-electron chi connectivity index (χ0n) is 11.6. The summed E-state index contributed by atoms with van der Waals surface area (Å²) in [4.78, 5) is 2.56. The van der Waals surface area contributed by atoms with E-state index < -0.39 is 0 Å². The van der Waals surface area contributed by atoms with Crippen LogP contribution in [-0.2, 0) is 16.0 Å². The lowest BCUT2D eigenvalue weighted by Gasteiger charge is -2.44. The second-order valence-corrected chi connectivity index (χ2v) is 6.58. The number of ether oxygens (including phenoxy) is 2. The molecular weight excluding hydrogens is 258 g/mol. The molecule has 106 valence electrons. The molecule has 0 unspecified atom stereocenters. The first-order chi connectivity index (χ1) is 9.32. The summed E-state index contributed by atoms with van der Waals surface area (Å²) in [5.41, 5.74) is 1.49. The normalized spacial score (nSPS) is 32.2. The van der Waals surface area contributed by atoms with E-state index in [4.69, 9.17) is 9.47 Å². The molecule has 1 spiro atoms. The van der Waals surface area contributed by atoms with Gasteiger partial charge in [-0.3, -0.25) is 4.90 Å². The van der Waals surface area contributed by atoms with Crippen LogP contribution in [0.25, 0.3) is 0 Å². The third kappa shape index (κ3) is 2.87. The van der Waals surface area contributed by atoms with Crippen LogP contribution in [-0.4, -0.2) is 43.9 Å². The highest BCUT2D eigenvalue weighted by atomic mass is 32.1. The molecule has 0 aromatic carbocycles. The van der Waals surface area contributed by atoms with E-state index in [0.717, 1.165) is 32.8 Å². The molecule has 2 atom stereocenters. The molecule has 0 radical (unpaired) electrons.